The summed E-state index contributed by atoms with van der Waals surface area (Å²) >= 11 is 3.44. The van der Waals surface area contributed by atoms with Crippen LogP contribution in [0, 0.1) is 0 Å². The number of alkyl halides is 2. The molecule has 2 atom stereocenters. The highest BCUT2D eigenvalue weighted by atomic mass is 79.9. The molecule has 0 spiro atoms. The molecule has 4 nitrogen and oxygen atoms in total. The van der Waals surface area contributed by atoms with Crippen molar-refractivity contribution in [1.29, 1.82) is 0 Å². The summed E-state index contributed by atoms with van der Waals surface area (Å²) in [4.78, 5) is 4.56. The standard InChI is InChI=1S/C18H15BrF2N2O2/c1-18(24)8-12(11-4-2-3-5-13(11)25-17(20)21)15-16(18)22-14-7-6-10(19)9-23(14)15/h2-7,9,12,17,24H,8H2,1H3. The molecule has 4 rings (SSSR count). The molecule has 1 aromatic carbocycles. The van der Waals surface area contributed by atoms with Crippen molar-refractivity contribution in [3.8, 4) is 5.75 Å². The quantitative estimate of drug-likeness (QED) is 0.696. The number of para-hydroxylation sites is 1. The molecule has 0 fully saturated rings. The van der Waals surface area contributed by atoms with Crippen molar-refractivity contribution >= 4 is 21.6 Å². The summed E-state index contributed by atoms with van der Waals surface area (Å²) in [6, 6.07) is 10.4. The predicted molar refractivity (Wildman–Crippen MR) is 92.0 cm³/mol. The number of halogens is 3. The van der Waals surface area contributed by atoms with Gasteiger partial charge < -0.3 is 14.2 Å². The highest BCUT2D eigenvalue weighted by molar-refractivity contribution is 9.10. The lowest BCUT2D eigenvalue weighted by Crippen LogP contribution is -2.18. The Morgan fingerprint density at radius 2 is 2.08 bits per heavy atom. The van der Waals surface area contributed by atoms with E-state index < -0.39 is 12.2 Å². The average Bonchev–Trinajstić information content (AvgIpc) is 3.03. The molecule has 0 saturated heterocycles. The Kier molecular flexibility index (Phi) is 3.81. The molecule has 1 aliphatic carbocycles. The van der Waals surface area contributed by atoms with Crippen LogP contribution in [0.15, 0.2) is 47.1 Å². The second-order valence-electron chi connectivity index (χ2n) is 6.37. The van der Waals surface area contributed by atoms with Gasteiger partial charge in [0, 0.05) is 22.2 Å². The maximum absolute atomic E-state index is 12.8. The lowest BCUT2D eigenvalue weighted by molar-refractivity contribution is -0.0506. The summed E-state index contributed by atoms with van der Waals surface area (Å²) in [5.41, 5.74) is 1.54. The van der Waals surface area contributed by atoms with Gasteiger partial charge in [0.2, 0.25) is 0 Å². The van der Waals surface area contributed by atoms with Crippen molar-refractivity contribution in [3.63, 3.8) is 0 Å². The maximum Gasteiger partial charge on any atom is 0.387 e. The van der Waals surface area contributed by atoms with Crippen LogP contribution in [0.2, 0.25) is 0 Å². The summed E-state index contributed by atoms with van der Waals surface area (Å²) < 4.78 is 33.0. The molecule has 2 aromatic heterocycles. The van der Waals surface area contributed by atoms with Crippen LogP contribution in [0.1, 0.15) is 36.2 Å². The third-order valence-electron chi connectivity index (χ3n) is 4.57. The molecule has 0 bridgehead atoms. The fraction of sp³-hybridized carbons (Fsp3) is 0.278. The molecule has 2 unspecified atom stereocenters. The average molecular weight is 409 g/mol. The van der Waals surface area contributed by atoms with E-state index in [4.69, 9.17) is 4.74 Å². The van der Waals surface area contributed by atoms with Crippen LogP contribution >= 0.6 is 15.9 Å². The Balaban J connectivity index is 1.93. The SMILES string of the molecule is CC1(O)CC(c2ccccc2OC(F)F)c2c1nc1ccc(Br)cn21. The molecule has 3 aromatic rings. The van der Waals surface area contributed by atoms with Crippen molar-refractivity contribution in [3.05, 3.63) is 64.0 Å². The number of fused-ring (bicyclic) bond motifs is 3. The highest BCUT2D eigenvalue weighted by Crippen LogP contribution is 2.49. The fourth-order valence-corrected chi connectivity index (χ4v) is 3.92. The van der Waals surface area contributed by atoms with Crippen LogP contribution in [-0.2, 0) is 5.60 Å². The predicted octanol–water partition coefficient (Wildman–Crippen LogP) is 4.44. The first-order valence-corrected chi connectivity index (χ1v) is 8.60. The zero-order valence-electron chi connectivity index (χ0n) is 13.3. The number of benzene rings is 1. The largest absolute Gasteiger partial charge is 0.435 e. The van der Waals surface area contributed by atoms with E-state index in [0.717, 1.165) is 10.2 Å². The number of hydrogen-bond donors (Lipinski definition) is 1. The lowest BCUT2D eigenvalue weighted by Gasteiger charge is -2.20. The zero-order chi connectivity index (χ0) is 17.8. The molecule has 0 radical (unpaired) electrons. The van der Waals surface area contributed by atoms with Crippen LogP contribution in [-0.4, -0.2) is 21.1 Å². The summed E-state index contributed by atoms with van der Waals surface area (Å²) in [6.45, 7) is -1.21. The van der Waals surface area contributed by atoms with E-state index in [9.17, 15) is 13.9 Å². The number of ether oxygens (including phenoxy) is 1. The minimum absolute atomic E-state index is 0.121. The van der Waals surface area contributed by atoms with Gasteiger partial charge in [-0.15, -0.1) is 0 Å². The van der Waals surface area contributed by atoms with Crippen LogP contribution in [0.4, 0.5) is 8.78 Å². The number of pyridine rings is 1. The Bertz CT molecular complexity index is 955. The molecular formula is C18H15BrF2N2O2. The first-order valence-electron chi connectivity index (χ1n) is 7.81. The van der Waals surface area contributed by atoms with Gasteiger partial charge in [0.25, 0.3) is 0 Å². The van der Waals surface area contributed by atoms with E-state index in [0.29, 0.717) is 23.3 Å². The van der Waals surface area contributed by atoms with Crippen LogP contribution < -0.4 is 4.74 Å². The Morgan fingerprint density at radius 1 is 1.32 bits per heavy atom. The van der Waals surface area contributed by atoms with Gasteiger partial charge >= 0.3 is 6.61 Å². The summed E-state index contributed by atoms with van der Waals surface area (Å²) in [6.07, 6.45) is 2.22. The molecular weight excluding hydrogens is 394 g/mol. The van der Waals surface area contributed by atoms with Crippen molar-refractivity contribution in [2.45, 2.75) is 31.5 Å². The van der Waals surface area contributed by atoms with Gasteiger partial charge in [-0.2, -0.15) is 8.78 Å². The summed E-state index contributed by atoms with van der Waals surface area (Å²) in [7, 11) is 0. The molecule has 0 amide bonds. The first-order chi connectivity index (χ1) is 11.9. The number of rotatable bonds is 3. The van der Waals surface area contributed by atoms with E-state index in [1.54, 1.807) is 25.1 Å². The monoisotopic (exact) mass is 408 g/mol. The molecule has 0 aliphatic heterocycles. The first kappa shape index (κ1) is 16.5. The van der Waals surface area contributed by atoms with Crippen molar-refractivity contribution < 1.29 is 18.6 Å². The number of aromatic nitrogens is 2. The van der Waals surface area contributed by atoms with E-state index in [2.05, 4.69) is 20.9 Å². The molecule has 7 heteroatoms. The molecule has 0 saturated carbocycles. The van der Waals surface area contributed by atoms with E-state index >= 15 is 0 Å². The number of nitrogens with zero attached hydrogens (tertiary/aromatic N) is 2. The van der Waals surface area contributed by atoms with Crippen LogP contribution in [0.3, 0.4) is 0 Å². The molecule has 2 heterocycles. The van der Waals surface area contributed by atoms with Gasteiger partial charge in [-0.3, -0.25) is 0 Å². The lowest BCUT2D eigenvalue weighted by atomic mass is 9.93. The second kappa shape index (κ2) is 5.78. The van der Waals surface area contributed by atoms with Crippen LogP contribution in [0.5, 0.6) is 5.75 Å². The van der Waals surface area contributed by atoms with Crippen molar-refractivity contribution in [2.75, 3.05) is 0 Å². The summed E-state index contributed by atoms with van der Waals surface area (Å²) in [5.74, 6) is -0.180. The number of aliphatic hydroxyl groups is 1. The third-order valence-corrected chi connectivity index (χ3v) is 5.04. The Labute approximate surface area is 151 Å². The number of hydrogen-bond acceptors (Lipinski definition) is 3. The van der Waals surface area contributed by atoms with E-state index in [1.165, 1.54) is 6.07 Å². The minimum atomic E-state index is -2.90. The van der Waals surface area contributed by atoms with Gasteiger partial charge in [0.15, 0.2) is 0 Å². The minimum Gasteiger partial charge on any atom is -0.435 e. The fourth-order valence-electron chi connectivity index (χ4n) is 3.59. The molecule has 1 aliphatic rings. The summed E-state index contributed by atoms with van der Waals surface area (Å²) in [5, 5.41) is 10.8. The van der Waals surface area contributed by atoms with Gasteiger partial charge in [0.05, 0.1) is 11.4 Å². The van der Waals surface area contributed by atoms with Gasteiger partial charge in [-0.1, -0.05) is 18.2 Å². The Morgan fingerprint density at radius 3 is 2.84 bits per heavy atom. The van der Waals surface area contributed by atoms with Gasteiger partial charge in [-0.25, -0.2) is 4.98 Å². The van der Waals surface area contributed by atoms with Crippen LogP contribution in [0.25, 0.3) is 5.65 Å². The van der Waals surface area contributed by atoms with Crippen molar-refractivity contribution in [1.82, 2.24) is 9.38 Å². The normalized spacial score (nSPS) is 22.6. The zero-order valence-corrected chi connectivity index (χ0v) is 14.9. The smallest absolute Gasteiger partial charge is 0.387 e. The maximum atomic E-state index is 12.8. The molecule has 130 valence electrons. The van der Waals surface area contributed by atoms with Gasteiger partial charge in [0.1, 0.15) is 17.0 Å². The van der Waals surface area contributed by atoms with E-state index in [1.807, 2.05) is 22.7 Å². The molecule has 25 heavy (non-hydrogen) atoms. The topological polar surface area (TPSA) is 46.8 Å². The second-order valence-corrected chi connectivity index (χ2v) is 7.28. The molecule has 1 N–H and O–H groups in total. The van der Waals surface area contributed by atoms with E-state index in [-0.39, 0.29) is 11.7 Å². The highest BCUT2D eigenvalue weighted by Gasteiger charge is 2.44. The Hall–Kier alpha value is -1.99. The third kappa shape index (κ3) is 2.71. The van der Waals surface area contributed by atoms with Gasteiger partial charge in [-0.05, 0) is 47.5 Å². The number of imidazole rings is 1. The van der Waals surface area contributed by atoms with Crippen molar-refractivity contribution in [2.24, 2.45) is 0 Å².